The summed E-state index contributed by atoms with van der Waals surface area (Å²) < 4.78 is 13.6. The third-order valence-corrected chi connectivity index (χ3v) is 4.60. The van der Waals surface area contributed by atoms with Gasteiger partial charge >= 0.3 is 0 Å². The smallest absolute Gasteiger partial charge is 0.209 e. The summed E-state index contributed by atoms with van der Waals surface area (Å²) in [6, 6.07) is 4.03. The van der Waals surface area contributed by atoms with Crippen molar-refractivity contribution in [3.05, 3.63) is 22.2 Å². The van der Waals surface area contributed by atoms with Crippen LogP contribution in [-0.4, -0.2) is 46.2 Å². The number of ether oxygens (including phenoxy) is 2. The quantitative estimate of drug-likeness (QED) is 0.476. The van der Waals surface area contributed by atoms with Gasteiger partial charge in [-0.05, 0) is 51.0 Å². The Bertz CT molecular complexity index is 644. The first-order valence-electron chi connectivity index (χ1n) is 7.20. The van der Waals surface area contributed by atoms with E-state index in [1.165, 1.54) is 0 Å². The molecular weight excluding hydrogens is 418 g/mol. The zero-order chi connectivity index (χ0) is 16.7. The molecule has 0 spiro atoms. The predicted molar refractivity (Wildman–Crippen MR) is 100 cm³/mol. The van der Waals surface area contributed by atoms with Gasteiger partial charge in [-0.25, -0.2) is 4.68 Å². The van der Waals surface area contributed by atoms with Gasteiger partial charge in [-0.1, -0.05) is 11.8 Å². The summed E-state index contributed by atoms with van der Waals surface area (Å²) in [5.41, 5.74) is 1.13. The Morgan fingerprint density at radius 1 is 1.38 bits per heavy atom. The molecule has 0 atom stereocenters. The van der Waals surface area contributed by atoms with E-state index in [-0.39, 0.29) is 12.4 Å². The van der Waals surface area contributed by atoms with Crippen molar-refractivity contribution < 1.29 is 9.47 Å². The largest absolute Gasteiger partial charge is 0.493 e. The molecule has 7 nitrogen and oxygen atoms in total. The number of nitrogens with zero attached hydrogens (tertiary/aromatic N) is 4. The van der Waals surface area contributed by atoms with E-state index in [0.29, 0.717) is 6.61 Å². The highest BCUT2D eigenvalue weighted by Crippen LogP contribution is 2.36. The number of halogens is 2. The molecule has 0 aliphatic rings. The van der Waals surface area contributed by atoms with Gasteiger partial charge in [0.15, 0.2) is 11.5 Å². The zero-order valence-corrected chi connectivity index (χ0v) is 17.0. The Kier molecular flexibility index (Phi) is 9.42. The summed E-state index contributed by atoms with van der Waals surface area (Å²) in [6.45, 7) is 4.15. The first-order chi connectivity index (χ1) is 11.2. The number of hydrogen-bond donors (Lipinski definition) is 1. The van der Waals surface area contributed by atoms with Crippen molar-refractivity contribution >= 4 is 40.1 Å². The van der Waals surface area contributed by atoms with Crippen LogP contribution >= 0.6 is 40.1 Å². The van der Waals surface area contributed by atoms with Gasteiger partial charge in [0.2, 0.25) is 5.16 Å². The van der Waals surface area contributed by atoms with E-state index in [1.54, 1.807) is 23.6 Å². The number of aromatic nitrogens is 4. The molecule has 1 N–H and O–H groups in total. The summed E-state index contributed by atoms with van der Waals surface area (Å²) >= 11 is 5.15. The third kappa shape index (κ3) is 5.80. The topological polar surface area (TPSA) is 74.1 Å². The van der Waals surface area contributed by atoms with Crippen LogP contribution in [0.3, 0.4) is 0 Å². The second kappa shape index (κ2) is 10.8. The van der Waals surface area contributed by atoms with E-state index >= 15 is 0 Å². The molecule has 0 saturated heterocycles. The molecule has 0 unspecified atom stereocenters. The first-order valence-corrected chi connectivity index (χ1v) is 8.98. The molecule has 2 aromatic rings. The van der Waals surface area contributed by atoms with Gasteiger partial charge in [0.1, 0.15) is 0 Å². The van der Waals surface area contributed by atoms with E-state index in [9.17, 15) is 0 Å². The summed E-state index contributed by atoms with van der Waals surface area (Å²) in [4.78, 5) is 0. The lowest BCUT2D eigenvalue weighted by atomic mass is 10.2. The molecule has 0 fully saturated rings. The monoisotopic (exact) mass is 437 g/mol. The Morgan fingerprint density at radius 3 is 2.79 bits per heavy atom. The van der Waals surface area contributed by atoms with Crippen LogP contribution in [0.15, 0.2) is 21.8 Å². The lowest BCUT2D eigenvalue weighted by Crippen LogP contribution is -2.17. The van der Waals surface area contributed by atoms with E-state index in [4.69, 9.17) is 9.47 Å². The molecule has 1 aromatic heterocycles. The van der Waals surface area contributed by atoms with Gasteiger partial charge in [-0.15, -0.1) is 17.5 Å². The SMILES string of the molecule is CCOc1c(Br)cc(CNCCSc2nnnn2C)cc1OC.Cl. The van der Waals surface area contributed by atoms with Crippen molar-refractivity contribution in [1.82, 2.24) is 25.5 Å². The first kappa shape index (κ1) is 21.0. The molecule has 134 valence electrons. The normalized spacial score (nSPS) is 10.3. The Balaban J connectivity index is 0.00000288. The molecule has 10 heteroatoms. The number of hydrogen-bond acceptors (Lipinski definition) is 7. The van der Waals surface area contributed by atoms with E-state index in [2.05, 4.69) is 36.8 Å². The van der Waals surface area contributed by atoms with Crippen molar-refractivity contribution in [3.8, 4) is 11.5 Å². The zero-order valence-electron chi connectivity index (χ0n) is 13.8. The molecule has 2 rings (SSSR count). The molecule has 0 bridgehead atoms. The second-order valence-corrected chi connectivity index (χ2v) is 6.57. The fourth-order valence-corrected chi connectivity index (χ4v) is 3.30. The van der Waals surface area contributed by atoms with Crippen molar-refractivity contribution in [2.45, 2.75) is 18.6 Å². The van der Waals surface area contributed by atoms with Gasteiger partial charge in [-0.2, -0.15) is 0 Å². The van der Waals surface area contributed by atoms with Crippen LogP contribution in [-0.2, 0) is 13.6 Å². The maximum Gasteiger partial charge on any atom is 0.209 e. The summed E-state index contributed by atoms with van der Waals surface area (Å²) in [7, 11) is 3.48. The van der Waals surface area contributed by atoms with Gasteiger partial charge < -0.3 is 14.8 Å². The van der Waals surface area contributed by atoms with Gasteiger partial charge in [0.25, 0.3) is 0 Å². The van der Waals surface area contributed by atoms with Crippen LogP contribution in [0.2, 0.25) is 0 Å². The Morgan fingerprint density at radius 2 is 2.17 bits per heavy atom. The van der Waals surface area contributed by atoms with Crippen LogP contribution in [0, 0.1) is 0 Å². The Hall–Kier alpha value is -1.03. The van der Waals surface area contributed by atoms with E-state index in [0.717, 1.165) is 45.5 Å². The van der Waals surface area contributed by atoms with Crippen LogP contribution in [0.4, 0.5) is 0 Å². The second-order valence-electron chi connectivity index (χ2n) is 4.65. The van der Waals surface area contributed by atoms with Crippen LogP contribution in [0.5, 0.6) is 11.5 Å². The average Bonchev–Trinajstić information content (AvgIpc) is 2.94. The summed E-state index contributed by atoms with van der Waals surface area (Å²) in [6.07, 6.45) is 0. The standard InChI is InChI=1S/C14H20BrN5O2S.ClH/c1-4-22-13-11(15)7-10(8-12(13)21-3)9-16-5-6-23-14-17-18-19-20(14)2;/h7-8,16H,4-6,9H2,1-3H3;1H. The number of benzene rings is 1. The molecule has 0 aliphatic carbocycles. The van der Waals surface area contributed by atoms with Crippen LogP contribution < -0.4 is 14.8 Å². The molecule has 0 aliphatic heterocycles. The van der Waals surface area contributed by atoms with Crippen molar-refractivity contribution in [1.29, 1.82) is 0 Å². The number of tetrazole rings is 1. The molecule has 0 amide bonds. The van der Waals surface area contributed by atoms with E-state index in [1.807, 2.05) is 26.1 Å². The van der Waals surface area contributed by atoms with Crippen LogP contribution in [0.1, 0.15) is 12.5 Å². The molecular formula is C14H21BrClN5O2S. The molecule has 24 heavy (non-hydrogen) atoms. The minimum absolute atomic E-state index is 0. The highest BCUT2D eigenvalue weighted by Gasteiger charge is 2.11. The molecule has 1 heterocycles. The van der Waals surface area contributed by atoms with Crippen molar-refractivity contribution in [2.24, 2.45) is 7.05 Å². The predicted octanol–water partition coefficient (Wildman–Crippen LogP) is 2.68. The number of rotatable bonds is 9. The molecule has 0 saturated carbocycles. The maximum absolute atomic E-state index is 5.59. The van der Waals surface area contributed by atoms with Gasteiger partial charge in [-0.3, -0.25) is 0 Å². The fourth-order valence-electron chi connectivity index (χ4n) is 1.95. The molecule has 1 aromatic carbocycles. The van der Waals surface area contributed by atoms with Gasteiger partial charge in [0, 0.05) is 25.9 Å². The Labute approximate surface area is 160 Å². The third-order valence-electron chi connectivity index (χ3n) is 3.00. The number of thioether (sulfide) groups is 1. The lowest BCUT2D eigenvalue weighted by molar-refractivity contribution is 0.308. The van der Waals surface area contributed by atoms with E-state index < -0.39 is 0 Å². The minimum Gasteiger partial charge on any atom is -0.493 e. The highest BCUT2D eigenvalue weighted by molar-refractivity contribution is 9.10. The highest BCUT2D eigenvalue weighted by atomic mass is 79.9. The number of methoxy groups -OCH3 is 1. The fraction of sp³-hybridized carbons (Fsp3) is 0.500. The lowest BCUT2D eigenvalue weighted by Gasteiger charge is -2.13. The maximum atomic E-state index is 5.59. The van der Waals surface area contributed by atoms with Crippen molar-refractivity contribution in [3.63, 3.8) is 0 Å². The van der Waals surface area contributed by atoms with Crippen LogP contribution in [0.25, 0.3) is 0 Å². The number of aryl methyl sites for hydroxylation is 1. The summed E-state index contributed by atoms with van der Waals surface area (Å²) in [5.74, 6) is 2.37. The summed E-state index contributed by atoms with van der Waals surface area (Å²) in [5, 5.41) is 15.6. The number of nitrogens with one attached hydrogen (secondary N) is 1. The molecule has 0 radical (unpaired) electrons. The minimum atomic E-state index is 0. The van der Waals surface area contributed by atoms with Gasteiger partial charge in [0.05, 0.1) is 18.2 Å². The average molecular weight is 439 g/mol. The van der Waals surface area contributed by atoms with Crippen molar-refractivity contribution in [2.75, 3.05) is 26.0 Å².